The van der Waals surface area contributed by atoms with Crippen molar-refractivity contribution < 1.29 is 27.9 Å². The predicted octanol–water partition coefficient (Wildman–Crippen LogP) is 4.69. The van der Waals surface area contributed by atoms with Gasteiger partial charge in [-0.15, -0.1) is 0 Å². The molecule has 0 saturated carbocycles. The van der Waals surface area contributed by atoms with E-state index < -0.39 is 23.7 Å². The molecule has 3 N–H and O–H groups in total. The number of carboxylic acid groups (broad SMARTS) is 1. The monoisotopic (exact) mass is 524 g/mol. The van der Waals surface area contributed by atoms with Gasteiger partial charge in [0.2, 0.25) is 0 Å². The molecule has 2 aromatic carbocycles. The normalized spacial score (nSPS) is 14.6. The third-order valence-electron chi connectivity index (χ3n) is 6.36. The van der Waals surface area contributed by atoms with Gasteiger partial charge < -0.3 is 20.3 Å². The number of para-hydroxylation sites is 1. The first-order chi connectivity index (χ1) is 18.2. The molecule has 0 radical (unpaired) electrons. The SMILES string of the molecule is O=C(Nc1ccc(CN2CCN(C(=O)O)CC2)cn1)c1cccc2[nH]c(-c3ccccc3C(F)(F)F)nc12. The number of benzene rings is 2. The molecule has 12 heteroatoms. The number of aromatic amines is 1. The van der Waals surface area contributed by atoms with E-state index >= 15 is 0 Å². The Kier molecular flexibility index (Phi) is 6.72. The second-order valence-corrected chi connectivity index (χ2v) is 8.88. The first-order valence-corrected chi connectivity index (χ1v) is 11.8. The fourth-order valence-corrected chi connectivity index (χ4v) is 4.41. The van der Waals surface area contributed by atoms with Crippen LogP contribution in [0.2, 0.25) is 0 Å². The lowest BCUT2D eigenvalue weighted by Gasteiger charge is -2.32. The van der Waals surface area contributed by atoms with Crippen molar-refractivity contribution >= 4 is 28.9 Å². The molecular weight excluding hydrogens is 501 g/mol. The van der Waals surface area contributed by atoms with Crippen LogP contribution in [0.5, 0.6) is 0 Å². The van der Waals surface area contributed by atoms with Gasteiger partial charge in [-0.1, -0.05) is 30.3 Å². The van der Waals surface area contributed by atoms with Crippen molar-refractivity contribution in [1.29, 1.82) is 0 Å². The molecule has 1 aliphatic heterocycles. The van der Waals surface area contributed by atoms with Crippen molar-refractivity contribution in [2.45, 2.75) is 12.7 Å². The van der Waals surface area contributed by atoms with Crippen LogP contribution in [0.4, 0.5) is 23.8 Å². The van der Waals surface area contributed by atoms with Gasteiger partial charge in [0.15, 0.2) is 0 Å². The van der Waals surface area contributed by atoms with Gasteiger partial charge in [-0.2, -0.15) is 13.2 Å². The van der Waals surface area contributed by atoms with Crippen molar-refractivity contribution in [2.75, 3.05) is 31.5 Å². The third kappa shape index (κ3) is 5.30. The Morgan fingerprint density at radius 1 is 1.00 bits per heavy atom. The van der Waals surface area contributed by atoms with Crippen LogP contribution in [0.1, 0.15) is 21.5 Å². The summed E-state index contributed by atoms with van der Waals surface area (Å²) >= 11 is 0. The number of H-pyrrole nitrogens is 1. The Hall–Kier alpha value is -4.45. The van der Waals surface area contributed by atoms with E-state index in [9.17, 15) is 22.8 Å². The summed E-state index contributed by atoms with van der Waals surface area (Å²) in [5.74, 6) is -0.174. The highest BCUT2D eigenvalue weighted by molar-refractivity contribution is 6.11. The minimum absolute atomic E-state index is 0.0137. The smallest absolute Gasteiger partial charge is 0.417 e. The van der Waals surface area contributed by atoms with Gasteiger partial charge in [-0.25, -0.2) is 14.8 Å². The average Bonchev–Trinajstić information content (AvgIpc) is 3.34. The van der Waals surface area contributed by atoms with Crippen molar-refractivity contribution in [2.24, 2.45) is 0 Å². The van der Waals surface area contributed by atoms with Crippen LogP contribution >= 0.6 is 0 Å². The van der Waals surface area contributed by atoms with Crippen LogP contribution in [0.15, 0.2) is 60.8 Å². The number of rotatable bonds is 5. The van der Waals surface area contributed by atoms with E-state index in [1.54, 1.807) is 30.5 Å². The first kappa shape index (κ1) is 25.2. The maximum absolute atomic E-state index is 13.5. The summed E-state index contributed by atoms with van der Waals surface area (Å²) < 4.78 is 40.5. The molecule has 2 aromatic heterocycles. The molecule has 2 amide bonds. The molecule has 0 bridgehead atoms. The van der Waals surface area contributed by atoms with Crippen LogP contribution in [0, 0.1) is 0 Å². The molecule has 4 aromatic rings. The predicted molar refractivity (Wildman–Crippen MR) is 134 cm³/mol. The number of piperazine rings is 1. The van der Waals surface area contributed by atoms with Crippen LogP contribution in [-0.2, 0) is 12.7 Å². The standard InChI is InChI=1S/C26H23F3N6O3/c27-26(28,29)19-6-2-1-4-17(19)23-31-20-7-3-5-18(22(20)33-23)24(36)32-21-9-8-16(14-30-21)15-34-10-12-35(13-11-34)25(37)38/h1-9,14H,10-13,15H2,(H,31,33)(H,37,38)(H,30,32,36). The summed E-state index contributed by atoms with van der Waals surface area (Å²) in [5, 5.41) is 11.8. The Morgan fingerprint density at radius 2 is 1.76 bits per heavy atom. The fourth-order valence-electron chi connectivity index (χ4n) is 4.41. The van der Waals surface area contributed by atoms with E-state index in [1.807, 2.05) is 6.07 Å². The largest absolute Gasteiger partial charge is 0.465 e. The molecular formula is C26H23F3N6O3. The highest BCUT2D eigenvalue weighted by Gasteiger charge is 2.34. The van der Waals surface area contributed by atoms with E-state index in [0.717, 1.165) is 11.6 Å². The molecule has 196 valence electrons. The lowest BCUT2D eigenvalue weighted by molar-refractivity contribution is -0.137. The van der Waals surface area contributed by atoms with Gasteiger partial charge >= 0.3 is 12.3 Å². The average molecular weight is 525 g/mol. The highest BCUT2D eigenvalue weighted by atomic mass is 19.4. The zero-order valence-electron chi connectivity index (χ0n) is 20.0. The summed E-state index contributed by atoms with van der Waals surface area (Å²) in [6.07, 6.45) is -3.83. The van der Waals surface area contributed by atoms with Gasteiger partial charge in [0.05, 0.1) is 16.6 Å². The Bertz CT molecular complexity index is 1480. The molecule has 0 atom stereocenters. The molecule has 1 saturated heterocycles. The molecule has 0 aliphatic carbocycles. The summed E-state index contributed by atoms with van der Waals surface area (Å²) in [6.45, 7) is 2.73. The number of amides is 2. The number of hydrogen-bond acceptors (Lipinski definition) is 5. The van der Waals surface area contributed by atoms with Gasteiger partial charge in [0.25, 0.3) is 5.91 Å². The summed E-state index contributed by atoms with van der Waals surface area (Å²) in [4.78, 5) is 39.1. The number of pyridine rings is 1. The van der Waals surface area contributed by atoms with Crippen LogP contribution < -0.4 is 5.32 Å². The topological polar surface area (TPSA) is 114 Å². The van der Waals surface area contributed by atoms with Crippen LogP contribution in [0.25, 0.3) is 22.4 Å². The number of alkyl halides is 3. The number of fused-ring (bicyclic) bond motifs is 1. The van der Waals surface area contributed by atoms with Crippen LogP contribution in [0.3, 0.4) is 0 Å². The molecule has 1 aliphatic rings. The van der Waals surface area contributed by atoms with E-state index in [0.29, 0.717) is 44.1 Å². The summed E-state index contributed by atoms with van der Waals surface area (Å²) in [6, 6.07) is 13.4. The summed E-state index contributed by atoms with van der Waals surface area (Å²) in [5.41, 5.74) is 0.846. The Balaban J connectivity index is 1.30. The lowest BCUT2D eigenvalue weighted by atomic mass is 10.1. The van der Waals surface area contributed by atoms with E-state index in [-0.39, 0.29) is 22.5 Å². The molecule has 9 nitrogen and oxygen atoms in total. The van der Waals surface area contributed by atoms with Gasteiger partial charge in [0, 0.05) is 44.5 Å². The van der Waals surface area contributed by atoms with Gasteiger partial charge in [0.1, 0.15) is 17.2 Å². The minimum atomic E-state index is -4.56. The maximum Gasteiger partial charge on any atom is 0.417 e. The fraction of sp³-hybridized carbons (Fsp3) is 0.231. The van der Waals surface area contributed by atoms with Crippen molar-refractivity contribution in [1.82, 2.24) is 24.8 Å². The van der Waals surface area contributed by atoms with Gasteiger partial charge in [-0.05, 0) is 29.8 Å². The number of nitrogens with zero attached hydrogens (tertiary/aromatic N) is 4. The van der Waals surface area contributed by atoms with E-state index in [1.165, 1.54) is 23.1 Å². The minimum Gasteiger partial charge on any atom is -0.465 e. The maximum atomic E-state index is 13.5. The van der Waals surface area contributed by atoms with Crippen molar-refractivity contribution in [3.05, 3.63) is 77.5 Å². The first-order valence-electron chi connectivity index (χ1n) is 11.8. The zero-order valence-corrected chi connectivity index (χ0v) is 20.0. The van der Waals surface area contributed by atoms with Crippen molar-refractivity contribution in [3.8, 4) is 11.4 Å². The number of imidazole rings is 1. The number of aromatic nitrogens is 3. The number of hydrogen-bond donors (Lipinski definition) is 3. The number of carbonyl (C=O) groups excluding carboxylic acids is 1. The highest BCUT2D eigenvalue weighted by Crippen LogP contribution is 2.36. The molecule has 1 fully saturated rings. The zero-order chi connectivity index (χ0) is 26.9. The molecule has 38 heavy (non-hydrogen) atoms. The van der Waals surface area contributed by atoms with E-state index in [2.05, 4.69) is 25.2 Å². The third-order valence-corrected chi connectivity index (χ3v) is 6.36. The second-order valence-electron chi connectivity index (χ2n) is 8.88. The Morgan fingerprint density at radius 3 is 2.45 bits per heavy atom. The number of nitrogens with one attached hydrogen (secondary N) is 2. The molecule has 3 heterocycles. The summed E-state index contributed by atoms with van der Waals surface area (Å²) in [7, 11) is 0. The number of anilines is 1. The second kappa shape index (κ2) is 10.1. The lowest BCUT2D eigenvalue weighted by Crippen LogP contribution is -2.47. The molecule has 0 spiro atoms. The van der Waals surface area contributed by atoms with Crippen LogP contribution in [-0.4, -0.2) is 68.0 Å². The van der Waals surface area contributed by atoms with Gasteiger partial charge in [-0.3, -0.25) is 9.69 Å². The number of halogens is 3. The molecule has 0 unspecified atom stereocenters. The quantitative estimate of drug-likeness (QED) is 0.349. The Labute approximate surface area is 214 Å². The molecule has 5 rings (SSSR count). The van der Waals surface area contributed by atoms with Crippen molar-refractivity contribution in [3.63, 3.8) is 0 Å². The number of carbonyl (C=O) groups is 2. The van der Waals surface area contributed by atoms with E-state index in [4.69, 9.17) is 5.11 Å².